The topological polar surface area (TPSA) is 41.1 Å². The van der Waals surface area contributed by atoms with Crippen LogP contribution in [-0.2, 0) is 0 Å². The highest BCUT2D eigenvalue weighted by Gasteiger charge is 2.22. The van der Waals surface area contributed by atoms with E-state index in [1.165, 1.54) is 24.4 Å². The van der Waals surface area contributed by atoms with Gasteiger partial charge in [0, 0.05) is 30.7 Å². The Morgan fingerprint density at radius 2 is 2.60 bits per heavy atom. The molecule has 2 heterocycles. The molecule has 1 saturated heterocycles. The van der Waals surface area contributed by atoms with Crippen LogP contribution in [0.5, 0.6) is 0 Å². The van der Waals surface area contributed by atoms with Crippen LogP contribution >= 0.6 is 11.5 Å². The summed E-state index contributed by atoms with van der Waals surface area (Å²) in [6, 6.07) is 0.603. The lowest BCUT2D eigenvalue weighted by atomic mass is 10.1. The van der Waals surface area contributed by atoms with Crippen molar-refractivity contribution in [1.29, 1.82) is 0 Å². The fourth-order valence-electron chi connectivity index (χ4n) is 2.07. The molecule has 4 nitrogen and oxygen atoms in total. The highest BCUT2D eigenvalue weighted by molar-refractivity contribution is 7.09. The Morgan fingerprint density at radius 1 is 1.67 bits per heavy atom. The van der Waals surface area contributed by atoms with Gasteiger partial charge in [-0.3, -0.25) is 0 Å². The molecule has 0 aromatic carbocycles. The minimum Gasteiger partial charge on any atom is -0.343 e. The highest BCUT2D eigenvalue weighted by atomic mass is 32.1. The fraction of sp³-hybridized carbons (Fsp3) is 0.800. The third-order valence-corrected chi connectivity index (χ3v) is 3.47. The first-order valence-electron chi connectivity index (χ1n) is 5.66. The van der Waals surface area contributed by atoms with Gasteiger partial charge in [-0.05, 0) is 25.8 Å². The zero-order valence-corrected chi connectivity index (χ0v) is 9.96. The first-order valence-corrected chi connectivity index (χ1v) is 6.43. The summed E-state index contributed by atoms with van der Waals surface area (Å²) in [4.78, 5) is 6.72. The number of anilines is 1. The number of piperidine rings is 1. The Labute approximate surface area is 94.9 Å². The molecule has 15 heavy (non-hydrogen) atoms. The summed E-state index contributed by atoms with van der Waals surface area (Å²) < 4.78 is 4.09. The summed E-state index contributed by atoms with van der Waals surface area (Å²) in [6.07, 6.45) is 5.35. The van der Waals surface area contributed by atoms with Crippen molar-refractivity contribution in [3.8, 4) is 0 Å². The lowest BCUT2D eigenvalue weighted by Gasteiger charge is -2.34. The molecule has 1 fully saturated rings. The van der Waals surface area contributed by atoms with Crippen LogP contribution in [0.25, 0.3) is 0 Å². The highest BCUT2D eigenvalue weighted by Crippen LogP contribution is 2.21. The predicted molar refractivity (Wildman–Crippen MR) is 63.4 cm³/mol. The lowest BCUT2D eigenvalue weighted by Crippen LogP contribution is -2.46. The van der Waals surface area contributed by atoms with Gasteiger partial charge in [-0.15, -0.1) is 0 Å². The van der Waals surface area contributed by atoms with Crippen molar-refractivity contribution in [3.05, 3.63) is 6.33 Å². The molecule has 0 amide bonds. The molecule has 84 valence electrons. The molecule has 0 radical (unpaired) electrons. The molecule has 1 unspecified atom stereocenters. The number of nitrogens with zero attached hydrogens (tertiary/aromatic N) is 3. The number of nitrogens with one attached hydrogen (secondary N) is 1. The number of hydrogen-bond donors (Lipinski definition) is 1. The van der Waals surface area contributed by atoms with Crippen molar-refractivity contribution in [2.75, 3.05) is 24.5 Å². The molecule has 0 spiro atoms. The summed E-state index contributed by atoms with van der Waals surface area (Å²) >= 11 is 1.50. The maximum absolute atomic E-state index is 4.32. The second-order valence-corrected chi connectivity index (χ2v) is 4.68. The zero-order chi connectivity index (χ0) is 10.5. The molecule has 1 aliphatic heterocycles. The second-order valence-electron chi connectivity index (χ2n) is 3.92. The van der Waals surface area contributed by atoms with E-state index in [4.69, 9.17) is 0 Å². The van der Waals surface area contributed by atoms with Gasteiger partial charge in [0.05, 0.1) is 0 Å². The summed E-state index contributed by atoms with van der Waals surface area (Å²) in [6.45, 7) is 5.54. The van der Waals surface area contributed by atoms with Crippen LogP contribution in [0.2, 0.25) is 0 Å². The van der Waals surface area contributed by atoms with Crippen molar-refractivity contribution in [2.24, 2.45) is 0 Å². The van der Waals surface area contributed by atoms with E-state index in [0.29, 0.717) is 6.04 Å². The van der Waals surface area contributed by atoms with Gasteiger partial charge in [-0.1, -0.05) is 6.92 Å². The third kappa shape index (κ3) is 2.66. The Balaban J connectivity index is 2.04. The van der Waals surface area contributed by atoms with Gasteiger partial charge in [0.1, 0.15) is 6.33 Å². The largest absolute Gasteiger partial charge is 0.343 e. The summed E-state index contributed by atoms with van der Waals surface area (Å²) in [5.41, 5.74) is 0. The average molecular weight is 226 g/mol. The van der Waals surface area contributed by atoms with Gasteiger partial charge in [0.25, 0.3) is 0 Å². The van der Waals surface area contributed by atoms with E-state index in [1.807, 2.05) is 0 Å². The summed E-state index contributed by atoms with van der Waals surface area (Å²) in [5, 5.41) is 4.53. The molecule has 0 saturated carbocycles. The normalized spacial score (nSPS) is 21.5. The van der Waals surface area contributed by atoms with E-state index in [1.54, 1.807) is 6.33 Å². The Morgan fingerprint density at radius 3 is 3.20 bits per heavy atom. The van der Waals surface area contributed by atoms with Gasteiger partial charge in [0.15, 0.2) is 0 Å². The molecule has 2 rings (SSSR count). The van der Waals surface area contributed by atoms with E-state index in [0.717, 1.165) is 31.2 Å². The maximum Gasteiger partial charge on any atom is 0.205 e. The van der Waals surface area contributed by atoms with Gasteiger partial charge in [-0.2, -0.15) is 4.37 Å². The molecular weight excluding hydrogens is 208 g/mol. The number of aromatic nitrogens is 2. The molecule has 1 N–H and O–H groups in total. The number of rotatable bonds is 4. The van der Waals surface area contributed by atoms with Crippen LogP contribution in [0.1, 0.15) is 26.2 Å². The summed E-state index contributed by atoms with van der Waals surface area (Å²) in [7, 11) is 0. The van der Waals surface area contributed by atoms with Crippen LogP contribution in [-0.4, -0.2) is 35.0 Å². The standard InChI is InChI=1S/C10H18N4S/c1-2-6-14(10-12-8-13-15-10)9-4-3-5-11-7-9/h8-9,11H,2-7H2,1H3. The van der Waals surface area contributed by atoms with Gasteiger partial charge in [0.2, 0.25) is 5.13 Å². The van der Waals surface area contributed by atoms with Crippen molar-refractivity contribution >= 4 is 16.7 Å². The van der Waals surface area contributed by atoms with Crippen molar-refractivity contribution in [3.63, 3.8) is 0 Å². The zero-order valence-electron chi connectivity index (χ0n) is 9.15. The minimum absolute atomic E-state index is 0.603. The van der Waals surface area contributed by atoms with Crippen LogP contribution in [0, 0.1) is 0 Å². The third-order valence-electron chi connectivity index (χ3n) is 2.77. The minimum atomic E-state index is 0.603. The first kappa shape index (κ1) is 10.8. The molecule has 1 aromatic rings. The molecule has 1 atom stereocenters. The average Bonchev–Trinajstić information content (AvgIpc) is 2.80. The molecule has 1 aromatic heterocycles. The molecule has 5 heteroatoms. The van der Waals surface area contributed by atoms with Gasteiger partial charge in [-0.25, -0.2) is 4.98 Å². The van der Waals surface area contributed by atoms with Crippen molar-refractivity contribution in [2.45, 2.75) is 32.2 Å². The van der Waals surface area contributed by atoms with E-state index in [2.05, 4.69) is 26.5 Å². The predicted octanol–water partition coefficient (Wildman–Crippen LogP) is 1.51. The van der Waals surface area contributed by atoms with E-state index in [9.17, 15) is 0 Å². The van der Waals surface area contributed by atoms with Crippen LogP contribution in [0.4, 0.5) is 5.13 Å². The summed E-state index contributed by atoms with van der Waals surface area (Å²) in [5.74, 6) is 0. The van der Waals surface area contributed by atoms with Crippen LogP contribution in [0.15, 0.2) is 6.33 Å². The van der Waals surface area contributed by atoms with Crippen LogP contribution < -0.4 is 10.2 Å². The maximum atomic E-state index is 4.32. The molecule has 1 aliphatic rings. The Bertz CT molecular complexity index is 269. The van der Waals surface area contributed by atoms with E-state index >= 15 is 0 Å². The van der Waals surface area contributed by atoms with E-state index in [-0.39, 0.29) is 0 Å². The fourth-order valence-corrected chi connectivity index (χ4v) is 2.70. The smallest absolute Gasteiger partial charge is 0.205 e. The molecule has 0 bridgehead atoms. The Hall–Kier alpha value is -0.680. The Kier molecular flexibility index (Phi) is 3.91. The lowest BCUT2D eigenvalue weighted by molar-refractivity contribution is 0.430. The van der Waals surface area contributed by atoms with Crippen molar-refractivity contribution < 1.29 is 0 Å². The molecule has 0 aliphatic carbocycles. The quantitative estimate of drug-likeness (QED) is 0.845. The van der Waals surface area contributed by atoms with Crippen molar-refractivity contribution in [1.82, 2.24) is 14.7 Å². The monoisotopic (exact) mass is 226 g/mol. The van der Waals surface area contributed by atoms with E-state index < -0.39 is 0 Å². The first-order chi connectivity index (χ1) is 7.42. The van der Waals surface area contributed by atoms with Gasteiger partial charge < -0.3 is 10.2 Å². The molecular formula is C10H18N4S. The SMILES string of the molecule is CCCN(c1ncns1)C1CCCNC1. The second kappa shape index (κ2) is 5.42. The number of hydrogen-bond acceptors (Lipinski definition) is 5. The van der Waals surface area contributed by atoms with Gasteiger partial charge >= 0.3 is 0 Å². The van der Waals surface area contributed by atoms with Crippen LogP contribution in [0.3, 0.4) is 0 Å².